The quantitative estimate of drug-likeness (QED) is 0.621. The molecule has 2 nitrogen and oxygen atoms in total. The van der Waals surface area contributed by atoms with Crippen LogP contribution in [0.5, 0.6) is 0 Å². The molecule has 0 aliphatic heterocycles. The van der Waals surface area contributed by atoms with E-state index in [0.29, 0.717) is 0 Å². The summed E-state index contributed by atoms with van der Waals surface area (Å²) in [7, 11) is 0. The van der Waals surface area contributed by atoms with Crippen LogP contribution in [0.2, 0.25) is 0 Å². The molecule has 0 spiro atoms. The van der Waals surface area contributed by atoms with E-state index >= 15 is 0 Å². The SMILES string of the molecule is CCCCCCC(O)CNC(C)(C)C. The summed E-state index contributed by atoms with van der Waals surface area (Å²) < 4.78 is 0. The first-order valence-electron chi connectivity index (χ1n) is 5.89. The van der Waals surface area contributed by atoms with Gasteiger partial charge in [-0.25, -0.2) is 0 Å². The van der Waals surface area contributed by atoms with Crippen molar-refractivity contribution in [1.82, 2.24) is 5.32 Å². The Morgan fingerprint density at radius 2 is 1.79 bits per heavy atom. The summed E-state index contributed by atoms with van der Waals surface area (Å²) in [5.74, 6) is 0. The van der Waals surface area contributed by atoms with Gasteiger partial charge in [0.15, 0.2) is 0 Å². The van der Waals surface area contributed by atoms with Gasteiger partial charge in [-0.15, -0.1) is 0 Å². The van der Waals surface area contributed by atoms with Crippen molar-refractivity contribution >= 4 is 0 Å². The Hall–Kier alpha value is -0.0800. The standard InChI is InChI=1S/C12H27NO/c1-5-6-7-8-9-11(14)10-13-12(2,3)4/h11,13-14H,5-10H2,1-4H3. The van der Waals surface area contributed by atoms with Gasteiger partial charge >= 0.3 is 0 Å². The van der Waals surface area contributed by atoms with Gasteiger partial charge in [0.05, 0.1) is 6.10 Å². The van der Waals surface area contributed by atoms with Gasteiger partial charge in [-0.1, -0.05) is 32.6 Å². The maximum absolute atomic E-state index is 9.65. The smallest absolute Gasteiger partial charge is 0.0664 e. The van der Waals surface area contributed by atoms with Crippen LogP contribution in [0.4, 0.5) is 0 Å². The van der Waals surface area contributed by atoms with Gasteiger partial charge < -0.3 is 10.4 Å². The van der Waals surface area contributed by atoms with Crippen LogP contribution >= 0.6 is 0 Å². The van der Waals surface area contributed by atoms with Crippen LogP contribution in [-0.4, -0.2) is 23.3 Å². The number of aliphatic hydroxyl groups is 1. The average Bonchev–Trinajstić information content (AvgIpc) is 2.08. The normalized spacial score (nSPS) is 14.4. The number of rotatable bonds is 7. The van der Waals surface area contributed by atoms with E-state index in [2.05, 4.69) is 33.0 Å². The van der Waals surface area contributed by atoms with Crippen molar-refractivity contribution in [2.45, 2.75) is 71.4 Å². The summed E-state index contributed by atoms with van der Waals surface area (Å²) in [6.07, 6.45) is 5.72. The van der Waals surface area contributed by atoms with E-state index in [1.165, 1.54) is 19.3 Å². The second-order valence-corrected chi connectivity index (χ2v) is 5.13. The van der Waals surface area contributed by atoms with Gasteiger partial charge in [-0.3, -0.25) is 0 Å². The number of β-amino-alcohol motifs (C(OH)–C–C–N with tert-alkyl or cyclic N) is 1. The molecule has 0 fully saturated rings. The highest BCUT2D eigenvalue weighted by molar-refractivity contribution is 4.72. The topological polar surface area (TPSA) is 32.3 Å². The molecule has 0 saturated carbocycles. The second kappa shape index (κ2) is 7.24. The average molecular weight is 201 g/mol. The molecule has 0 aliphatic carbocycles. The first-order valence-corrected chi connectivity index (χ1v) is 5.89. The van der Waals surface area contributed by atoms with Crippen molar-refractivity contribution in [3.63, 3.8) is 0 Å². The summed E-state index contributed by atoms with van der Waals surface area (Å²) in [6, 6.07) is 0. The molecule has 0 heterocycles. The van der Waals surface area contributed by atoms with Crippen molar-refractivity contribution in [2.24, 2.45) is 0 Å². The Balaban J connectivity index is 3.32. The fraction of sp³-hybridized carbons (Fsp3) is 1.00. The van der Waals surface area contributed by atoms with Gasteiger partial charge in [-0.05, 0) is 27.2 Å². The second-order valence-electron chi connectivity index (χ2n) is 5.13. The number of unbranched alkanes of at least 4 members (excludes halogenated alkanes) is 3. The number of aliphatic hydroxyl groups excluding tert-OH is 1. The predicted octanol–water partition coefficient (Wildman–Crippen LogP) is 2.71. The highest BCUT2D eigenvalue weighted by Crippen LogP contribution is 2.06. The third-order valence-corrected chi connectivity index (χ3v) is 2.26. The molecule has 0 aromatic heterocycles. The highest BCUT2D eigenvalue weighted by Gasteiger charge is 2.11. The van der Waals surface area contributed by atoms with E-state index in [0.717, 1.165) is 19.4 Å². The zero-order valence-corrected chi connectivity index (χ0v) is 10.3. The van der Waals surface area contributed by atoms with Gasteiger partial charge in [0.25, 0.3) is 0 Å². The summed E-state index contributed by atoms with van der Waals surface area (Å²) in [4.78, 5) is 0. The Labute approximate surface area is 89.1 Å². The van der Waals surface area contributed by atoms with Gasteiger partial charge in [-0.2, -0.15) is 0 Å². The largest absolute Gasteiger partial charge is 0.392 e. The van der Waals surface area contributed by atoms with Crippen LogP contribution in [-0.2, 0) is 0 Å². The first kappa shape index (κ1) is 13.9. The molecular formula is C12H27NO. The zero-order chi connectivity index (χ0) is 11.0. The van der Waals surface area contributed by atoms with Crippen molar-refractivity contribution in [2.75, 3.05) is 6.54 Å². The molecular weight excluding hydrogens is 174 g/mol. The Bertz CT molecular complexity index is 129. The monoisotopic (exact) mass is 201 g/mol. The minimum absolute atomic E-state index is 0.115. The fourth-order valence-corrected chi connectivity index (χ4v) is 1.33. The maximum atomic E-state index is 9.65. The van der Waals surface area contributed by atoms with Crippen LogP contribution in [0.3, 0.4) is 0 Å². The minimum atomic E-state index is -0.175. The molecule has 0 saturated heterocycles. The van der Waals surface area contributed by atoms with E-state index < -0.39 is 0 Å². The lowest BCUT2D eigenvalue weighted by molar-refractivity contribution is 0.148. The molecule has 0 amide bonds. The lowest BCUT2D eigenvalue weighted by Gasteiger charge is -2.22. The number of hydrogen-bond acceptors (Lipinski definition) is 2. The van der Waals surface area contributed by atoms with Crippen molar-refractivity contribution in [3.8, 4) is 0 Å². The molecule has 0 aromatic rings. The van der Waals surface area contributed by atoms with Crippen LogP contribution in [0.15, 0.2) is 0 Å². The third-order valence-electron chi connectivity index (χ3n) is 2.26. The minimum Gasteiger partial charge on any atom is -0.392 e. The van der Waals surface area contributed by atoms with Crippen molar-refractivity contribution in [1.29, 1.82) is 0 Å². The molecule has 2 N–H and O–H groups in total. The third kappa shape index (κ3) is 10.0. The summed E-state index contributed by atoms with van der Waals surface area (Å²) in [5, 5.41) is 13.0. The Kier molecular flexibility index (Phi) is 7.20. The molecule has 2 heteroatoms. The molecule has 0 radical (unpaired) electrons. The number of hydrogen-bond donors (Lipinski definition) is 2. The maximum Gasteiger partial charge on any atom is 0.0664 e. The van der Waals surface area contributed by atoms with Crippen LogP contribution in [0, 0.1) is 0 Å². The lowest BCUT2D eigenvalue weighted by Crippen LogP contribution is -2.40. The molecule has 1 unspecified atom stereocenters. The van der Waals surface area contributed by atoms with E-state index in [9.17, 15) is 5.11 Å². The summed E-state index contributed by atoms with van der Waals surface area (Å²) >= 11 is 0. The van der Waals surface area contributed by atoms with Gasteiger partial charge in [0.2, 0.25) is 0 Å². The molecule has 0 aromatic carbocycles. The zero-order valence-electron chi connectivity index (χ0n) is 10.3. The van der Waals surface area contributed by atoms with Gasteiger partial charge in [0.1, 0.15) is 0 Å². The van der Waals surface area contributed by atoms with E-state index in [1.807, 2.05) is 0 Å². The summed E-state index contributed by atoms with van der Waals surface area (Å²) in [5.41, 5.74) is 0.115. The Morgan fingerprint density at radius 3 is 2.29 bits per heavy atom. The first-order chi connectivity index (χ1) is 6.45. The Morgan fingerprint density at radius 1 is 1.14 bits per heavy atom. The molecule has 14 heavy (non-hydrogen) atoms. The van der Waals surface area contributed by atoms with Crippen LogP contribution < -0.4 is 5.32 Å². The molecule has 0 bridgehead atoms. The van der Waals surface area contributed by atoms with Crippen LogP contribution in [0.25, 0.3) is 0 Å². The van der Waals surface area contributed by atoms with Gasteiger partial charge in [0, 0.05) is 12.1 Å². The molecule has 86 valence electrons. The number of nitrogens with one attached hydrogen (secondary N) is 1. The fourth-order valence-electron chi connectivity index (χ4n) is 1.33. The van der Waals surface area contributed by atoms with E-state index in [4.69, 9.17) is 0 Å². The summed E-state index contributed by atoms with van der Waals surface area (Å²) in [6.45, 7) is 9.29. The van der Waals surface area contributed by atoms with Crippen molar-refractivity contribution in [3.05, 3.63) is 0 Å². The molecule has 1 atom stereocenters. The van der Waals surface area contributed by atoms with Crippen LogP contribution in [0.1, 0.15) is 59.8 Å². The molecule has 0 rings (SSSR count). The van der Waals surface area contributed by atoms with E-state index in [1.54, 1.807) is 0 Å². The molecule has 0 aliphatic rings. The predicted molar refractivity (Wildman–Crippen MR) is 62.5 cm³/mol. The highest BCUT2D eigenvalue weighted by atomic mass is 16.3. The van der Waals surface area contributed by atoms with Crippen molar-refractivity contribution < 1.29 is 5.11 Å². The lowest BCUT2D eigenvalue weighted by atomic mass is 10.1. The van der Waals surface area contributed by atoms with E-state index in [-0.39, 0.29) is 11.6 Å².